The second-order valence-corrected chi connectivity index (χ2v) is 6.95. The van der Waals surface area contributed by atoms with Gasteiger partial charge in [-0.15, -0.1) is 4.48 Å². The van der Waals surface area contributed by atoms with Gasteiger partial charge in [0.05, 0.1) is 30.9 Å². The molecule has 26 heavy (non-hydrogen) atoms. The lowest BCUT2D eigenvalue weighted by atomic mass is 9.84. The van der Waals surface area contributed by atoms with Crippen LogP contribution in [0.15, 0.2) is 36.4 Å². The van der Waals surface area contributed by atoms with Crippen LogP contribution in [-0.4, -0.2) is 36.9 Å². The molecule has 1 fully saturated rings. The number of aliphatic carboxylic acids is 1. The van der Waals surface area contributed by atoms with Crippen molar-refractivity contribution in [1.29, 1.82) is 0 Å². The van der Waals surface area contributed by atoms with Gasteiger partial charge in [0.25, 0.3) is 0 Å². The molecule has 2 aliphatic heterocycles. The topological polar surface area (TPSA) is 61.8 Å². The Balaban J connectivity index is 1.79. The van der Waals surface area contributed by atoms with Crippen LogP contribution in [0.25, 0.3) is 11.1 Å². The number of anilines is 2. The maximum atomic E-state index is 12.8. The van der Waals surface area contributed by atoms with E-state index in [1.165, 1.54) is 0 Å². The molecule has 0 bridgehead atoms. The third kappa shape index (κ3) is 2.80. The Morgan fingerprint density at radius 1 is 1.31 bits per heavy atom. The lowest BCUT2D eigenvalue weighted by molar-refractivity contribution is -0.143. The summed E-state index contributed by atoms with van der Waals surface area (Å²) in [6.45, 7) is 3.69. The molecule has 2 N–H and O–H groups in total. The average Bonchev–Trinajstić information content (AvgIpc) is 2.67. The van der Waals surface area contributed by atoms with Crippen molar-refractivity contribution in [3.05, 3.63) is 47.5 Å². The number of benzene rings is 2. The van der Waals surface area contributed by atoms with Gasteiger partial charge in [-0.3, -0.25) is 4.79 Å². The molecule has 2 unspecified atom stereocenters. The highest BCUT2D eigenvalue weighted by molar-refractivity contribution is 5.79. The molecule has 136 valence electrons. The van der Waals surface area contributed by atoms with Crippen LogP contribution in [0.2, 0.25) is 0 Å². The van der Waals surface area contributed by atoms with E-state index < -0.39 is 11.9 Å². The van der Waals surface area contributed by atoms with Crippen LogP contribution in [0.3, 0.4) is 0 Å². The molecule has 2 aromatic rings. The molecule has 6 heteroatoms. The summed E-state index contributed by atoms with van der Waals surface area (Å²) in [5.41, 5.74) is 7.23. The lowest BCUT2D eigenvalue weighted by Gasteiger charge is -2.45. The summed E-state index contributed by atoms with van der Waals surface area (Å²) in [7, 11) is 0. The summed E-state index contributed by atoms with van der Waals surface area (Å²) in [6.07, 6.45) is 0.501. The number of nitrogens with zero attached hydrogens (tertiary/aromatic N) is 1. The van der Waals surface area contributed by atoms with Gasteiger partial charge in [0.15, 0.2) is 0 Å². The third-order valence-electron chi connectivity index (χ3n) is 5.44. The van der Waals surface area contributed by atoms with Gasteiger partial charge in [0.2, 0.25) is 0 Å². The fourth-order valence-electron chi connectivity index (χ4n) is 4.04. The number of ether oxygens (including phenoxy) is 1. The molecule has 2 aromatic carbocycles. The van der Waals surface area contributed by atoms with E-state index in [2.05, 4.69) is 11.0 Å². The Morgan fingerprint density at radius 2 is 2.15 bits per heavy atom. The number of carbonyl (C=O) groups is 1. The highest BCUT2D eigenvalue weighted by Crippen LogP contribution is 2.39. The zero-order chi connectivity index (χ0) is 18.3. The van der Waals surface area contributed by atoms with E-state index in [-0.39, 0.29) is 6.04 Å². The van der Waals surface area contributed by atoms with Gasteiger partial charge in [-0.05, 0) is 53.8 Å². The van der Waals surface area contributed by atoms with Crippen LogP contribution >= 0.6 is 0 Å². The number of rotatable bonds is 3. The minimum Gasteiger partial charge on any atom is -0.481 e. The van der Waals surface area contributed by atoms with E-state index in [0.717, 1.165) is 27.9 Å². The van der Waals surface area contributed by atoms with Crippen LogP contribution in [0.5, 0.6) is 0 Å². The van der Waals surface area contributed by atoms with Crippen molar-refractivity contribution in [3.8, 4) is 11.1 Å². The Kier molecular flexibility index (Phi) is 4.28. The summed E-state index contributed by atoms with van der Waals surface area (Å²) < 4.78 is 18.4. The molecule has 2 aliphatic rings. The molecule has 2 atom stereocenters. The quantitative estimate of drug-likeness (QED) is 0.825. The molecule has 0 amide bonds. The van der Waals surface area contributed by atoms with Crippen LogP contribution in [0, 0.1) is 12.8 Å². The number of hydrogen-bond acceptors (Lipinski definition) is 4. The van der Waals surface area contributed by atoms with E-state index in [9.17, 15) is 14.4 Å². The molecule has 0 aromatic heterocycles. The average molecular weight is 356 g/mol. The number of morpholine rings is 1. The van der Waals surface area contributed by atoms with Crippen LogP contribution < -0.4 is 10.4 Å². The SMILES string of the molecule is Cc1ccc(NF)cc1-c1ccc2c(c1)N1CCOCC1C(C(=O)O)C2. The summed E-state index contributed by atoms with van der Waals surface area (Å²) in [5, 5.41) is 9.60. The molecule has 0 spiro atoms. The Hall–Kier alpha value is -2.60. The first-order chi connectivity index (χ1) is 12.6. The Labute approximate surface area is 151 Å². The molecule has 1 saturated heterocycles. The normalized spacial score (nSPS) is 21.7. The van der Waals surface area contributed by atoms with E-state index in [1.807, 2.05) is 25.1 Å². The highest BCUT2D eigenvalue weighted by atomic mass is 19.2. The van der Waals surface area contributed by atoms with Crippen molar-refractivity contribution < 1.29 is 19.1 Å². The standard InChI is InChI=1S/C20H21FN2O3/c1-12-2-5-15(22-21)10-16(12)13-3-4-14-8-17(20(24)25)19-11-26-7-6-23(19)18(14)9-13/h2-5,9-10,17,19,22H,6-8,11H2,1H3,(H,24,25). The Bertz CT molecular complexity index is 855. The zero-order valence-corrected chi connectivity index (χ0v) is 14.5. The van der Waals surface area contributed by atoms with Gasteiger partial charge in [-0.1, -0.05) is 18.2 Å². The number of aryl methyl sites for hydroxylation is 1. The van der Waals surface area contributed by atoms with Gasteiger partial charge in [-0.25, -0.2) is 5.54 Å². The largest absolute Gasteiger partial charge is 0.481 e. The van der Waals surface area contributed by atoms with E-state index in [1.54, 1.807) is 17.7 Å². The minimum atomic E-state index is -0.780. The second kappa shape index (κ2) is 6.61. The first-order valence-corrected chi connectivity index (χ1v) is 8.76. The molecule has 5 nitrogen and oxygen atoms in total. The van der Waals surface area contributed by atoms with Gasteiger partial charge in [0, 0.05) is 12.2 Å². The number of nitrogens with one attached hydrogen (secondary N) is 1. The van der Waals surface area contributed by atoms with Crippen LogP contribution in [0.1, 0.15) is 11.1 Å². The molecular weight excluding hydrogens is 335 g/mol. The predicted octanol–water partition coefficient (Wildman–Crippen LogP) is 3.42. The summed E-state index contributed by atoms with van der Waals surface area (Å²) in [5.74, 6) is -1.24. The lowest BCUT2D eigenvalue weighted by Crippen LogP contribution is -2.54. The first kappa shape index (κ1) is 16.8. The Morgan fingerprint density at radius 3 is 2.92 bits per heavy atom. The predicted molar refractivity (Wildman–Crippen MR) is 98.1 cm³/mol. The van der Waals surface area contributed by atoms with Gasteiger partial charge < -0.3 is 14.7 Å². The minimum absolute atomic E-state index is 0.149. The van der Waals surface area contributed by atoms with Crippen molar-refractivity contribution >= 4 is 17.3 Å². The molecular formula is C20H21FN2O3. The van der Waals surface area contributed by atoms with E-state index in [4.69, 9.17) is 4.74 Å². The number of hydrogen-bond donors (Lipinski definition) is 2. The second-order valence-electron chi connectivity index (χ2n) is 6.95. The van der Waals surface area contributed by atoms with Crippen molar-refractivity contribution in [2.75, 3.05) is 30.2 Å². The van der Waals surface area contributed by atoms with E-state index >= 15 is 0 Å². The number of halogens is 1. The monoisotopic (exact) mass is 356 g/mol. The highest BCUT2D eigenvalue weighted by Gasteiger charge is 2.40. The number of fused-ring (bicyclic) bond motifs is 3. The van der Waals surface area contributed by atoms with Crippen LogP contribution in [-0.2, 0) is 16.0 Å². The molecule has 0 aliphatic carbocycles. The van der Waals surface area contributed by atoms with Crippen molar-refractivity contribution in [2.24, 2.45) is 5.92 Å². The first-order valence-electron chi connectivity index (χ1n) is 8.76. The molecule has 4 rings (SSSR count). The van der Waals surface area contributed by atoms with E-state index in [0.29, 0.717) is 31.9 Å². The molecule has 0 saturated carbocycles. The van der Waals surface area contributed by atoms with Crippen molar-refractivity contribution in [1.82, 2.24) is 0 Å². The van der Waals surface area contributed by atoms with Crippen molar-refractivity contribution in [2.45, 2.75) is 19.4 Å². The number of carboxylic acid groups (broad SMARTS) is 1. The summed E-state index contributed by atoms with van der Waals surface area (Å²) in [6, 6.07) is 11.3. The fraction of sp³-hybridized carbons (Fsp3) is 0.350. The zero-order valence-electron chi connectivity index (χ0n) is 14.5. The van der Waals surface area contributed by atoms with Crippen molar-refractivity contribution in [3.63, 3.8) is 0 Å². The third-order valence-corrected chi connectivity index (χ3v) is 5.44. The number of carboxylic acids is 1. The summed E-state index contributed by atoms with van der Waals surface area (Å²) in [4.78, 5) is 13.9. The maximum absolute atomic E-state index is 12.8. The molecule has 2 heterocycles. The van der Waals surface area contributed by atoms with Gasteiger partial charge >= 0.3 is 5.97 Å². The van der Waals surface area contributed by atoms with Crippen LogP contribution in [0.4, 0.5) is 15.9 Å². The van der Waals surface area contributed by atoms with Gasteiger partial charge in [-0.2, -0.15) is 0 Å². The van der Waals surface area contributed by atoms with Gasteiger partial charge in [0.1, 0.15) is 0 Å². The summed E-state index contributed by atoms with van der Waals surface area (Å²) >= 11 is 0. The smallest absolute Gasteiger partial charge is 0.309 e. The maximum Gasteiger partial charge on any atom is 0.309 e. The fourth-order valence-corrected chi connectivity index (χ4v) is 4.04. The molecule has 0 radical (unpaired) electrons.